The summed E-state index contributed by atoms with van der Waals surface area (Å²) in [6.45, 7) is 0.0418. The van der Waals surface area contributed by atoms with Gasteiger partial charge in [0, 0.05) is 25.4 Å². The van der Waals surface area contributed by atoms with Crippen LogP contribution in [0, 0.1) is 0 Å². The number of aliphatic hydroxyl groups excluding tert-OH is 1. The molecule has 1 aromatic rings. The maximum Gasteiger partial charge on any atom is 0.268 e. The van der Waals surface area contributed by atoms with Gasteiger partial charge in [-0.15, -0.1) is 0 Å². The monoisotopic (exact) mass is 310 g/mol. The van der Waals surface area contributed by atoms with Crippen LogP contribution in [0.25, 0.3) is 0 Å². The summed E-state index contributed by atoms with van der Waals surface area (Å²) in [5.74, 6) is 0.511. The van der Waals surface area contributed by atoms with E-state index < -0.39 is 0 Å². The van der Waals surface area contributed by atoms with E-state index in [9.17, 15) is 4.79 Å². The van der Waals surface area contributed by atoms with Crippen LogP contribution in [-0.2, 0) is 7.05 Å². The molecule has 0 fully saturated rings. The fourth-order valence-electron chi connectivity index (χ4n) is 1.57. The fourth-order valence-corrected chi connectivity index (χ4v) is 2.60. The van der Waals surface area contributed by atoms with Gasteiger partial charge in [-0.1, -0.05) is 23.2 Å². The van der Waals surface area contributed by atoms with Gasteiger partial charge in [-0.05, 0) is 18.7 Å². The molecule has 1 heterocycles. The molecule has 0 aliphatic rings. The number of nitrogens with one attached hydrogen (secondary N) is 1. The maximum atomic E-state index is 12.1. The lowest BCUT2D eigenvalue weighted by Gasteiger charge is -2.16. The highest BCUT2D eigenvalue weighted by Crippen LogP contribution is 2.25. The fraction of sp³-hybridized carbons (Fsp3) is 0.545. The van der Waals surface area contributed by atoms with Gasteiger partial charge in [0.2, 0.25) is 0 Å². The minimum atomic E-state index is -0.237. The van der Waals surface area contributed by atoms with E-state index in [0.717, 1.165) is 5.75 Å². The van der Waals surface area contributed by atoms with Gasteiger partial charge >= 0.3 is 0 Å². The standard InChI is InChI=1S/C11H16Cl2N2O2S/c1-15-9(5-8(12)10(15)13)11(17)14-7(3-4-16)6-18-2/h5,7,16H,3-4,6H2,1-2H3,(H,14,17). The SMILES string of the molecule is CSCC(CCO)NC(=O)c1cc(Cl)c(Cl)n1C. The molecule has 0 saturated heterocycles. The normalized spacial score (nSPS) is 12.5. The third kappa shape index (κ3) is 3.82. The number of amides is 1. The molecule has 0 aromatic carbocycles. The van der Waals surface area contributed by atoms with Crippen LogP contribution in [-0.4, -0.2) is 40.2 Å². The first-order valence-electron chi connectivity index (χ1n) is 5.42. The summed E-state index contributed by atoms with van der Waals surface area (Å²) in [5.41, 5.74) is 0.411. The van der Waals surface area contributed by atoms with Crippen LogP contribution in [0.4, 0.5) is 0 Å². The number of hydrogen-bond donors (Lipinski definition) is 2. The molecule has 1 aromatic heterocycles. The number of carbonyl (C=O) groups excluding carboxylic acids is 1. The Morgan fingerprint density at radius 1 is 1.61 bits per heavy atom. The molecule has 1 atom stereocenters. The van der Waals surface area contributed by atoms with Crippen molar-refractivity contribution in [3.63, 3.8) is 0 Å². The Morgan fingerprint density at radius 3 is 2.72 bits per heavy atom. The van der Waals surface area contributed by atoms with Crippen LogP contribution in [0.1, 0.15) is 16.9 Å². The van der Waals surface area contributed by atoms with Crippen molar-refractivity contribution in [1.29, 1.82) is 0 Å². The average molecular weight is 311 g/mol. The maximum absolute atomic E-state index is 12.1. The molecular formula is C11H16Cl2N2O2S. The van der Waals surface area contributed by atoms with Gasteiger partial charge in [-0.3, -0.25) is 4.79 Å². The number of carbonyl (C=O) groups is 1. The molecule has 0 aliphatic carbocycles. The van der Waals surface area contributed by atoms with Crippen LogP contribution in [0.3, 0.4) is 0 Å². The van der Waals surface area contributed by atoms with Crippen molar-refractivity contribution in [1.82, 2.24) is 9.88 Å². The third-order valence-corrected chi connectivity index (χ3v) is 4.11. The van der Waals surface area contributed by atoms with Crippen LogP contribution in [0.2, 0.25) is 10.2 Å². The van der Waals surface area contributed by atoms with Crippen LogP contribution in [0.15, 0.2) is 6.07 Å². The van der Waals surface area contributed by atoms with Crippen molar-refractivity contribution in [2.24, 2.45) is 7.05 Å². The minimum Gasteiger partial charge on any atom is -0.396 e. The van der Waals surface area contributed by atoms with Crippen molar-refractivity contribution in [2.45, 2.75) is 12.5 Å². The zero-order chi connectivity index (χ0) is 13.7. The molecule has 102 valence electrons. The number of aliphatic hydroxyl groups is 1. The van der Waals surface area contributed by atoms with Gasteiger partial charge in [0.1, 0.15) is 10.8 Å². The van der Waals surface area contributed by atoms with Crippen molar-refractivity contribution in [3.8, 4) is 0 Å². The Bertz CT molecular complexity index is 417. The van der Waals surface area contributed by atoms with Crippen molar-refractivity contribution >= 4 is 40.9 Å². The summed E-state index contributed by atoms with van der Waals surface area (Å²) >= 11 is 13.4. The minimum absolute atomic E-state index is 0.0418. The molecular weight excluding hydrogens is 295 g/mol. The van der Waals surface area contributed by atoms with E-state index in [0.29, 0.717) is 22.3 Å². The van der Waals surface area contributed by atoms with E-state index in [1.165, 1.54) is 10.6 Å². The van der Waals surface area contributed by atoms with E-state index in [4.69, 9.17) is 28.3 Å². The Morgan fingerprint density at radius 2 is 2.28 bits per heavy atom. The Kier molecular flexibility index (Phi) is 6.35. The highest BCUT2D eigenvalue weighted by molar-refractivity contribution is 7.98. The van der Waals surface area contributed by atoms with Crippen LogP contribution < -0.4 is 5.32 Å². The third-order valence-electron chi connectivity index (χ3n) is 2.53. The predicted molar refractivity (Wildman–Crippen MR) is 76.8 cm³/mol. The van der Waals surface area contributed by atoms with Gasteiger partial charge in [-0.25, -0.2) is 0 Å². The Hall–Kier alpha value is -0.360. The molecule has 0 bridgehead atoms. The van der Waals surface area contributed by atoms with Gasteiger partial charge in [0.05, 0.1) is 5.02 Å². The van der Waals surface area contributed by atoms with Crippen molar-refractivity contribution in [3.05, 3.63) is 21.9 Å². The van der Waals surface area contributed by atoms with Crippen LogP contribution in [0.5, 0.6) is 0 Å². The lowest BCUT2D eigenvalue weighted by molar-refractivity contribution is 0.0927. The zero-order valence-electron chi connectivity index (χ0n) is 10.2. The molecule has 2 N–H and O–H groups in total. The first kappa shape index (κ1) is 15.7. The lowest BCUT2D eigenvalue weighted by Crippen LogP contribution is -2.38. The number of hydrogen-bond acceptors (Lipinski definition) is 3. The Labute approximate surface area is 121 Å². The second kappa shape index (κ2) is 7.28. The smallest absolute Gasteiger partial charge is 0.268 e. The largest absolute Gasteiger partial charge is 0.396 e. The van der Waals surface area contributed by atoms with Crippen molar-refractivity contribution < 1.29 is 9.90 Å². The average Bonchev–Trinajstić information content (AvgIpc) is 2.58. The number of aromatic nitrogens is 1. The molecule has 1 rings (SSSR count). The first-order valence-corrected chi connectivity index (χ1v) is 7.57. The second-order valence-corrected chi connectivity index (χ2v) is 5.54. The van der Waals surface area contributed by atoms with Gasteiger partial charge in [0.15, 0.2) is 0 Å². The van der Waals surface area contributed by atoms with Gasteiger partial charge in [-0.2, -0.15) is 11.8 Å². The van der Waals surface area contributed by atoms with E-state index in [1.54, 1.807) is 18.8 Å². The molecule has 7 heteroatoms. The van der Waals surface area contributed by atoms with Gasteiger partial charge in [0.25, 0.3) is 5.91 Å². The second-order valence-electron chi connectivity index (χ2n) is 3.87. The topological polar surface area (TPSA) is 54.3 Å². The number of halogens is 2. The summed E-state index contributed by atoms with van der Waals surface area (Å²) in [6.07, 6.45) is 2.48. The lowest BCUT2D eigenvalue weighted by atomic mass is 10.2. The molecule has 0 radical (unpaired) electrons. The van der Waals surface area contributed by atoms with E-state index in [1.807, 2.05) is 6.26 Å². The highest BCUT2D eigenvalue weighted by Gasteiger charge is 2.18. The molecule has 0 spiro atoms. The molecule has 18 heavy (non-hydrogen) atoms. The summed E-state index contributed by atoms with van der Waals surface area (Å²) in [7, 11) is 1.68. The number of rotatable bonds is 6. The summed E-state index contributed by atoms with van der Waals surface area (Å²) in [6, 6.07) is 1.47. The number of thioether (sulfide) groups is 1. The van der Waals surface area contributed by atoms with Crippen molar-refractivity contribution in [2.75, 3.05) is 18.6 Å². The van der Waals surface area contributed by atoms with E-state index >= 15 is 0 Å². The predicted octanol–water partition coefficient (Wildman–Crippen LogP) is 2.18. The van der Waals surface area contributed by atoms with E-state index in [2.05, 4.69) is 5.32 Å². The van der Waals surface area contributed by atoms with Gasteiger partial charge < -0.3 is 15.0 Å². The highest BCUT2D eigenvalue weighted by atomic mass is 35.5. The molecule has 4 nitrogen and oxygen atoms in total. The summed E-state index contributed by atoms with van der Waals surface area (Å²) < 4.78 is 1.54. The molecule has 1 unspecified atom stereocenters. The molecule has 1 amide bonds. The molecule has 0 aliphatic heterocycles. The van der Waals surface area contributed by atoms with E-state index in [-0.39, 0.29) is 18.6 Å². The zero-order valence-corrected chi connectivity index (χ0v) is 12.6. The molecule has 0 saturated carbocycles. The number of nitrogens with zero attached hydrogens (tertiary/aromatic N) is 1. The Balaban J connectivity index is 2.77. The first-order chi connectivity index (χ1) is 8.51. The quantitative estimate of drug-likeness (QED) is 0.846. The van der Waals surface area contributed by atoms with Crippen LogP contribution >= 0.6 is 35.0 Å². The summed E-state index contributed by atoms with van der Waals surface area (Å²) in [4.78, 5) is 12.1. The summed E-state index contributed by atoms with van der Waals surface area (Å²) in [5, 5.41) is 12.5.